The summed E-state index contributed by atoms with van der Waals surface area (Å²) in [7, 11) is 1.43. The fourth-order valence-electron chi connectivity index (χ4n) is 0.865. The van der Waals surface area contributed by atoms with Crippen LogP contribution in [0.4, 0.5) is 4.79 Å². The fraction of sp³-hybridized carbons (Fsp3) is 0.417. The molecule has 0 bridgehead atoms. The summed E-state index contributed by atoms with van der Waals surface area (Å²) in [6, 6.07) is 9.37. The Morgan fingerprint density at radius 1 is 1.12 bits per heavy atom. The summed E-state index contributed by atoms with van der Waals surface area (Å²) in [5.74, 6) is 0. The molecule has 0 radical (unpaired) electrons. The molecule has 0 aliphatic carbocycles. The number of ether oxygens (including phenoxy) is 3. The van der Waals surface area contributed by atoms with Crippen molar-refractivity contribution in [3.8, 4) is 0 Å². The first-order valence-corrected chi connectivity index (χ1v) is 5.15. The van der Waals surface area contributed by atoms with Crippen LogP contribution in [0.3, 0.4) is 0 Å². The highest BCUT2D eigenvalue weighted by atomic mass is 16.8. The lowest BCUT2D eigenvalue weighted by Gasteiger charge is -2.04. The predicted octanol–water partition coefficient (Wildman–Crippen LogP) is 2.97. The summed E-state index contributed by atoms with van der Waals surface area (Å²) in [4.78, 5) is 10.9. The Bertz CT molecular complexity index is 272. The second-order valence-electron chi connectivity index (χ2n) is 2.58. The molecule has 1 aromatic rings. The summed E-state index contributed by atoms with van der Waals surface area (Å²) in [6.45, 7) is 4.12. The molecular formula is C12H18O4. The van der Waals surface area contributed by atoms with E-state index in [9.17, 15) is 4.79 Å². The highest BCUT2D eigenvalue weighted by Crippen LogP contribution is 2.01. The molecule has 4 heteroatoms. The number of hydrogen-bond acceptors (Lipinski definition) is 4. The molecule has 0 unspecified atom stereocenters. The molecule has 0 aliphatic heterocycles. The van der Waals surface area contributed by atoms with Gasteiger partial charge in [-0.15, -0.1) is 0 Å². The molecule has 0 amide bonds. The van der Waals surface area contributed by atoms with E-state index in [-0.39, 0.29) is 13.4 Å². The zero-order valence-corrected chi connectivity index (χ0v) is 9.93. The molecule has 0 fully saturated rings. The Hall–Kier alpha value is -1.55. The average molecular weight is 226 g/mol. The minimum Gasteiger partial charge on any atom is -0.429 e. The molecule has 0 saturated carbocycles. The van der Waals surface area contributed by atoms with Crippen LogP contribution in [0.5, 0.6) is 0 Å². The van der Waals surface area contributed by atoms with Crippen LogP contribution in [0.2, 0.25) is 0 Å². The maximum absolute atomic E-state index is 10.9. The van der Waals surface area contributed by atoms with E-state index in [1.165, 1.54) is 7.11 Å². The first kappa shape index (κ1) is 14.5. The van der Waals surface area contributed by atoms with Gasteiger partial charge in [0.05, 0.1) is 0 Å². The molecule has 90 valence electrons. The molecule has 0 N–H and O–H groups in total. The van der Waals surface area contributed by atoms with Gasteiger partial charge in [0, 0.05) is 7.11 Å². The Labute approximate surface area is 96.1 Å². The van der Waals surface area contributed by atoms with E-state index in [2.05, 4.69) is 9.47 Å². The summed E-state index contributed by atoms with van der Waals surface area (Å²) in [5, 5.41) is 0. The van der Waals surface area contributed by atoms with Gasteiger partial charge in [-0.2, -0.15) is 0 Å². The monoisotopic (exact) mass is 226 g/mol. The molecule has 1 aromatic carbocycles. The SMILES string of the molecule is CC.COCOC(=O)OCc1ccccc1. The molecule has 16 heavy (non-hydrogen) atoms. The van der Waals surface area contributed by atoms with Gasteiger partial charge in [-0.1, -0.05) is 44.2 Å². The molecule has 0 aliphatic rings. The number of rotatable bonds is 4. The van der Waals surface area contributed by atoms with Crippen molar-refractivity contribution in [2.75, 3.05) is 13.9 Å². The van der Waals surface area contributed by atoms with Crippen LogP contribution in [-0.2, 0) is 20.8 Å². The average Bonchev–Trinajstić information content (AvgIpc) is 2.37. The van der Waals surface area contributed by atoms with Crippen molar-refractivity contribution in [3.63, 3.8) is 0 Å². The van der Waals surface area contributed by atoms with Gasteiger partial charge >= 0.3 is 6.16 Å². The van der Waals surface area contributed by atoms with E-state index in [0.29, 0.717) is 0 Å². The number of methoxy groups -OCH3 is 1. The number of benzene rings is 1. The van der Waals surface area contributed by atoms with Gasteiger partial charge in [-0.05, 0) is 5.56 Å². The van der Waals surface area contributed by atoms with Gasteiger partial charge in [0.2, 0.25) is 0 Å². The van der Waals surface area contributed by atoms with Crippen LogP contribution in [0.25, 0.3) is 0 Å². The van der Waals surface area contributed by atoms with E-state index in [1.807, 2.05) is 44.2 Å². The van der Waals surface area contributed by atoms with Crippen LogP contribution in [0.15, 0.2) is 30.3 Å². The standard InChI is InChI=1S/C10H12O4.C2H6/c1-12-8-14-10(11)13-7-9-5-3-2-4-6-9;1-2/h2-6H,7-8H2,1H3;1-2H3. The van der Waals surface area contributed by atoms with Crippen LogP contribution >= 0.6 is 0 Å². The summed E-state index contributed by atoms with van der Waals surface area (Å²) < 4.78 is 13.9. The Morgan fingerprint density at radius 2 is 1.75 bits per heavy atom. The minimum absolute atomic E-state index is 0.0897. The molecular weight excluding hydrogens is 208 g/mol. The van der Waals surface area contributed by atoms with Crippen molar-refractivity contribution in [1.29, 1.82) is 0 Å². The Kier molecular flexibility index (Phi) is 9.02. The van der Waals surface area contributed by atoms with E-state index in [0.717, 1.165) is 5.56 Å². The molecule has 0 aromatic heterocycles. The lowest BCUT2D eigenvalue weighted by molar-refractivity contribution is -0.0286. The lowest BCUT2D eigenvalue weighted by atomic mass is 10.2. The number of carbonyl (C=O) groups is 1. The quantitative estimate of drug-likeness (QED) is 0.585. The first-order chi connectivity index (χ1) is 7.83. The molecule has 4 nitrogen and oxygen atoms in total. The largest absolute Gasteiger partial charge is 0.510 e. The second-order valence-corrected chi connectivity index (χ2v) is 2.58. The summed E-state index contributed by atoms with van der Waals surface area (Å²) in [6.07, 6.45) is -0.726. The van der Waals surface area contributed by atoms with Crippen LogP contribution in [0, 0.1) is 0 Å². The van der Waals surface area contributed by atoms with Gasteiger partial charge in [0.1, 0.15) is 6.61 Å². The van der Waals surface area contributed by atoms with Crippen molar-refractivity contribution in [2.45, 2.75) is 20.5 Å². The number of carbonyl (C=O) groups excluding carboxylic acids is 1. The zero-order chi connectivity index (χ0) is 12.2. The second kappa shape index (κ2) is 9.98. The maximum atomic E-state index is 10.9. The highest BCUT2D eigenvalue weighted by Gasteiger charge is 2.02. The van der Waals surface area contributed by atoms with Crippen molar-refractivity contribution >= 4 is 6.16 Å². The molecule has 0 atom stereocenters. The first-order valence-electron chi connectivity index (χ1n) is 5.15. The smallest absolute Gasteiger partial charge is 0.429 e. The minimum atomic E-state index is -0.726. The van der Waals surface area contributed by atoms with Crippen molar-refractivity contribution < 1.29 is 19.0 Å². The summed E-state index contributed by atoms with van der Waals surface area (Å²) in [5.41, 5.74) is 0.918. The van der Waals surface area contributed by atoms with Gasteiger partial charge in [0.15, 0.2) is 6.79 Å². The zero-order valence-electron chi connectivity index (χ0n) is 9.93. The maximum Gasteiger partial charge on any atom is 0.510 e. The highest BCUT2D eigenvalue weighted by molar-refractivity contribution is 5.59. The van der Waals surface area contributed by atoms with E-state index < -0.39 is 6.16 Å². The molecule has 0 saturated heterocycles. The van der Waals surface area contributed by atoms with Crippen LogP contribution < -0.4 is 0 Å². The molecule has 0 spiro atoms. The van der Waals surface area contributed by atoms with Gasteiger partial charge in [-0.25, -0.2) is 4.79 Å². The fourth-order valence-corrected chi connectivity index (χ4v) is 0.865. The third kappa shape index (κ3) is 6.84. The Morgan fingerprint density at radius 3 is 2.31 bits per heavy atom. The van der Waals surface area contributed by atoms with Crippen LogP contribution in [-0.4, -0.2) is 20.1 Å². The lowest BCUT2D eigenvalue weighted by Crippen LogP contribution is -2.09. The molecule has 0 heterocycles. The predicted molar refractivity (Wildman–Crippen MR) is 60.9 cm³/mol. The third-order valence-corrected chi connectivity index (χ3v) is 1.49. The summed E-state index contributed by atoms with van der Waals surface area (Å²) >= 11 is 0. The van der Waals surface area contributed by atoms with Gasteiger partial charge in [0.25, 0.3) is 0 Å². The number of hydrogen-bond donors (Lipinski definition) is 0. The molecule has 1 rings (SSSR count). The van der Waals surface area contributed by atoms with Crippen molar-refractivity contribution in [2.24, 2.45) is 0 Å². The van der Waals surface area contributed by atoms with Crippen molar-refractivity contribution in [1.82, 2.24) is 0 Å². The normalized spacial score (nSPS) is 8.69. The van der Waals surface area contributed by atoms with Gasteiger partial charge < -0.3 is 14.2 Å². The van der Waals surface area contributed by atoms with Crippen molar-refractivity contribution in [3.05, 3.63) is 35.9 Å². The van der Waals surface area contributed by atoms with Crippen LogP contribution in [0.1, 0.15) is 19.4 Å². The van der Waals surface area contributed by atoms with E-state index in [4.69, 9.17) is 4.74 Å². The van der Waals surface area contributed by atoms with Gasteiger partial charge in [-0.3, -0.25) is 0 Å². The Balaban J connectivity index is 0.00000106. The van der Waals surface area contributed by atoms with E-state index >= 15 is 0 Å². The third-order valence-electron chi connectivity index (χ3n) is 1.49. The topological polar surface area (TPSA) is 44.8 Å². The van der Waals surface area contributed by atoms with E-state index in [1.54, 1.807) is 0 Å².